The van der Waals surface area contributed by atoms with Crippen molar-refractivity contribution in [3.8, 4) is 0 Å². The molecule has 94 valence electrons. The van der Waals surface area contributed by atoms with Crippen molar-refractivity contribution in [3.63, 3.8) is 0 Å². The van der Waals surface area contributed by atoms with E-state index in [1.807, 2.05) is 20.8 Å². The van der Waals surface area contributed by atoms with Gasteiger partial charge >= 0.3 is 5.69 Å². The Hall–Kier alpha value is -1.92. The molecule has 1 heterocycles. The van der Waals surface area contributed by atoms with Gasteiger partial charge in [0.1, 0.15) is 6.33 Å². The van der Waals surface area contributed by atoms with Gasteiger partial charge in [-0.3, -0.25) is 10.1 Å². The lowest BCUT2D eigenvalue weighted by Gasteiger charge is -2.28. The molecule has 0 saturated carbocycles. The zero-order valence-corrected chi connectivity index (χ0v) is 10.2. The van der Waals surface area contributed by atoms with Gasteiger partial charge in [-0.05, 0) is 19.8 Å². The van der Waals surface area contributed by atoms with Gasteiger partial charge in [-0.25, -0.2) is 9.97 Å². The number of rotatable bonds is 5. The fourth-order valence-electron chi connectivity index (χ4n) is 1.38. The van der Waals surface area contributed by atoms with Crippen LogP contribution < -0.4 is 11.1 Å². The van der Waals surface area contributed by atoms with E-state index in [0.717, 1.165) is 12.8 Å². The van der Waals surface area contributed by atoms with E-state index in [-0.39, 0.29) is 22.9 Å². The van der Waals surface area contributed by atoms with Gasteiger partial charge in [-0.1, -0.05) is 13.8 Å². The summed E-state index contributed by atoms with van der Waals surface area (Å²) in [6, 6.07) is 0. The summed E-state index contributed by atoms with van der Waals surface area (Å²) in [5, 5.41) is 14.0. The summed E-state index contributed by atoms with van der Waals surface area (Å²) in [6.07, 6.45) is 2.87. The standard InChI is InChI=1S/C10H17N5O2/c1-4-10(3,5-2)14-9-7(15(16)17)8(11)12-6-13-9/h6H,4-5H2,1-3H3,(H3,11,12,13,14). The van der Waals surface area contributed by atoms with Crippen molar-refractivity contribution >= 4 is 17.3 Å². The van der Waals surface area contributed by atoms with E-state index in [2.05, 4.69) is 15.3 Å². The Kier molecular flexibility index (Phi) is 3.82. The Labute approximate surface area is 99.6 Å². The number of anilines is 2. The van der Waals surface area contributed by atoms with E-state index in [1.54, 1.807) is 0 Å². The average molecular weight is 239 g/mol. The summed E-state index contributed by atoms with van der Waals surface area (Å²) in [4.78, 5) is 17.9. The first kappa shape index (κ1) is 13.1. The molecule has 0 radical (unpaired) electrons. The number of aromatic nitrogens is 2. The number of nitrogens with two attached hydrogens (primary N) is 1. The number of nitrogens with zero attached hydrogens (tertiary/aromatic N) is 3. The van der Waals surface area contributed by atoms with Crippen molar-refractivity contribution in [1.29, 1.82) is 0 Å². The minimum atomic E-state index is -0.566. The molecule has 1 rings (SSSR count). The third-order valence-electron chi connectivity index (χ3n) is 3.01. The van der Waals surface area contributed by atoms with Gasteiger partial charge in [0.2, 0.25) is 11.6 Å². The van der Waals surface area contributed by atoms with E-state index in [0.29, 0.717) is 0 Å². The van der Waals surface area contributed by atoms with E-state index in [1.165, 1.54) is 6.33 Å². The van der Waals surface area contributed by atoms with E-state index in [4.69, 9.17) is 5.73 Å². The van der Waals surface area contributed by atoms with Crippen LogP contribution in [0.25, 0.3) is 0 Å². The van der Waals surface area contributed by atoms with E-state index >= 15 is 0 Å². The van der Waals surface area contributed by atoms with Gasteiger partial charge < -0.3 is 11.1 Å². The minimum absolute atomic E-state index is 0.123. The lowest BCUT2D eigenvalue weighted by molar-refractivity contribution is -0.383. The number of nitro groups is 1. The third kappa shape index (κ3) is 2.80. The first-order valence-corrected chi connectivity index (χ1v) is 5.46. The average Bonchev–Trinajstić information content (AvgIpc) is 2.28. The molecule has 0 aliphatic heterocycles. The van der Waals surface area contributed by atoms with Crippen LogP contribution in [0, 0.1) is 10.1 Å². The molecule has 1 aromatic rings. The smallest absolute Gasteiger partial charge is 0.353 e. The molecule has 0 unspecified atom stereocenters. The molecule has 1 aromatic heterocycles. The first-order chi connectivity index (χ1) is 7.93. The van der Waals surface area contributed by atoms with Gasteiger partial charge in [-0.15, -0.1) is 0 Å². The Bertz CT molecular complexity index is 417. The summed E-state index contributed by atoms with van der Waals surface area (Å²) >= 11 is 0. The molecule has 0 aromatic carbocycles. The molecule has 7 heteroatoms. The van der Waals surface area contributed by atoms with Crippen LogP contribution in [-0.2, 0) is 0 Å². The molecule has 17 heavy (non-hydrogen) atoms. The highest BCUT2D eigenvalue weighted by Gasteiger charge is 2.27. The minimum Gasteiger partial charge on any atom is -0.378 e. The normalized spacial score (nSPS) is 11.2. The van der Waals surface area contributed by atoms with Crippen molar-refractivity contribution in [2.45, 2.75) is 39.2 Å². The van der Waals surface area contributed by atoms with Crippen LogP contribution in [0.4, 0.5) is 17.3 Å². The van der Waals surface area contributed by atoms with Crippen molar-refractivity contribution in [2.24, 2.45) is 0 Å². The van der Waals surface area contributed by atoms with Crippen molar-refractivity contribution in [1.82, 2.24) is 9.97 Å². The molecular formula is C10H17N5O2. The Morgan fingerprint density at radius 1 is 1.47 bits per heavy atom. The van der Waals surface area contributed by atoms with Crippen LogP contribution in [0.15, 0.2) is 6.33 Å². The van der Waals surface area contributed by atoms with Crippen LogP contribution in [0.5, 0.6) is 0 Å². The maximum Gasteiger partial charge on any atom is 0.353 e. The fourth-order valence-corrected chi connectivity index (χ4v) is 1.38. The first-order valence-electron chi connectivity index (χ1n) is 5.46. The fraction of sp³-hybridized carbons (Fsp3) is 0.600. The molecule has 3 N–H and O–H groups in total. The summed E-state index contributed by atoms with van der Waals surface area (Å²) in [6.45, 7) is 5.99. The van der Waals surface area contributed by atoms with Gasteiger partial charge in [-0.2, -0.15) is 0 Å². The molecule has 0 spiro atoms. The zero-order chi connectivity index (χ0) is 13.1. The lowest BCUT2D eigenvalue weighted by atomic mass is 9.95. The van der Waals surface area contributed by atoms with Crippen LogP contribution >= 0.6 is 0 Å². The van der Waals surface area contributed by atoms with Gasteiger partial charge in [0.25, 0.3) is 0 Å². The second-order valence-electron chi connectivity index (χ2n) is 4.11. The molecule has 7 nitrogen and oxygen atoms in total. The van der Waals surface area contributed by atoms with Gasteiger partial charge in [0.15, 0.2) is 0 Å². The maximum atomic E-state index is 10.9. The van der Waals surface area contributed by atoms with Crippen LogP contribution in [-0.4, -0.2) is 20.4 Å². The lowest BCUT2D eigenvalue weighted by Crippen LogP contribution is -2.33. The number of hydrogen-bond acceptors (Lipinski definition) is 6. The molecule has 0 atom stereocenters. The highest BCUT2D eigenvalue weighted by molar-refractivity contribution is 5.67. The molecule has 0 aliphatic carbocycles. The zero-order valence-electron chi connectivity index (χ0n) is 10.2. The SMILES string of the molecule is CCC(C)(CC)Nc1ncnc(N)c1[N+](=O)[O-]. The second-order valence-corrected chi connectivity index (χ2v) is 4.11. The third-order valence-corrected chi connectivity index (χ3v) is 3.01. The van der Waals surface area contributed by atoms with Crippen molar-refractivity contribution in [3.05, 3.63) is 16.4 Å². The number of nitrogens with one attached hydrogen (secondary N) is 1. The number of nitrogen functional groups attached to an aromatic ring is 1. The largest absolute Gasteiger partial charge is 0.378 e. The molecule has 0 saturated heterocycles. The quantitative estimate of drug-likeness (QED) is 0.600. The van der Waals surface area contributed by atoms with Gasteiger partial charge in [0, 0.05) is 5.54 Å². The summed E-state index contributed by atoms with van der Waals surface area (Å²) in [5.74, 6) is 0.0516. The molecular weight excluding hydrogens is 222 g/mol. The summed E-state index contributed by atoms with van der Waals surface area (Å²) in [5.41, 5.74) is 4.98. The molecule has 0 bridgehead atoms. The summed E-state index contributed by atoms with van der Waals surface area (Å²) in [7, 11) is 0. The topological polar surface area (TPSA) is 107 Å². The van der Waals surface area contributed by atoms with E-state index in [9.17, 15) is 10.1 Å². The number of hydrogen-bond donors (Lipinski definition) is 2. The second kappa shape index (κ2) is 4.94. The van der Waals surface area contributed by atoms with Crippen LogP contribution in [0.3, 0.4) is 0 Å². The monoisotopic (exact) mass is 239 g/mol. The predicted molar refractivity (Wildman–Crippen MR) is 65.7 cm³/mol. The molecule has 0 amide bonds. The summed E-state index contributed by atoms with van der Waals surface area (Å²) < 4.78 is 0. The Balaban J connectivity index is 3.15. The predicted octanol–water partition coefficient (Wildman–Crippen LogP) is 1.96. The van der Waals surface area contributed by atoms with Crippen molar-refractivity contribution < 1.29 is 4.92 Å². The van der Waals surface area contributed by atoms with Gasteiger partial charge in [0.05, 0.1) is 4.92 Å². The van der Waals surface area contributed by atoms with Crippen LogP contribution in [0.1, 0.15) is 33.6 Å². The van der Waals surface area contributed by atoms with Crippen LogP contribution in [0.2, 0.25) is 0 Å². The van der Waals surface area contributed by atoms with E-state index < -0.39 is 4.92 Å². The maximum absolute atomic E-state index is 10.9. The molecule has 0 fully saturated rings. The van der Waals surface area contributed by atoms with Crippen molar-refractivity contribution in [2.75, 3.05) is 11.1 Å². The highest BCUT2D eigenvalue weighted by atomic mass is 16.6. The Morgan fingerprint density at radius 2 is 2.06 bits per heavy atom. The molecule has 0 aliphatic rings. The Morgan fingerprint density at radius 3 is 2.53 bits per heavy atom. The highest BCUT2D eigenvalue weighted by Crippen LogP contribution is 2.30.